The van der Waals surface area contributed by atoms with Crippen LogP contribution in [0.1, 0.15) is 18.1 Å². The maximum Gasteiger partial charge on any atom is 0.128 e. The highest BCUT2D eigenvalue weighted by Crippen LogP contribution is 2.25. The fourth-order valence-corrected chi connectivity index (χ4v) is 2.04. The van der Waals surface area contributed by atoms with Crippen LogP contribution < -0.4 is 4.74 Å². The van der Waals surface area contributed by atoms with Crippen LogP contribution in [0.2, 0.25) is 0 Å². The molecule has 1 heterocycles. The quantitative estimate of drug-likeness (QED) is 0.515. The fourth-order valence-electron chi connectivity index (χ4n) is 1.73. The minimum absolute atomic E-state index is 0.130. The molecular weight excluding hydrogens is 198 g/mol. The monoisotopic (exact) mass is 209 g/mol. The van der Waals surface area contributed by atoms with Crippen LogP contribution in [-0.4, -0.2) is 18.3 Å². The van der Waals surface area contributed by atoms with E-state index in [-0.39, 0.29) is 5.50 Å². The van der Waals surface area contributed by atoms with E-state index in [2.05, 4.69) is 4.99 Å². The Morgan fingerprint density at radius 2 is 2.29 bits per heavy atom. The van der Waals surface area contributed by atoms with E-state index in [0.29, 0.717) is 0 Å². The molecule has 1 aromatic rings. The topological polar surface area (TPSA) is 21.6 Å². The van der Waals surface area contributed by atoms with E-state index >= 15 is 0 Å². The zero-order chi connectivity index (χ0) is 10.1. The van der Waals surface area contributed by atoms with Gasteiger partial charge in [0.15, 0.2) is 0 Å². The van der Waals surface area contributed by atoms with Gasteiger partial charge in [-0.2, -0.15) is 0 Å². The van der Waals surface area contributed by atoms with Gasteiger partial charge in [0.2, 0.25) is 0 Å². The van der Waals surface area contributed by atoms with Crippen LogP contribution in [0.3, 0.4) is 0 Å². The van der Waals surface area contributed by atoms with Crippen molar-refractivity contribution in [2.75, 3.05) is 7.11 Å². The summed E-state index contributed by atoms with van der Waals surface area (Å²) in [6.45, 7) is 1.99. The largest absolute Gasteiger partial charge is 0.497 e. The van der Waals surface area contributed by atoms with Crippen molar-refractivity contribution < 1.29 is 4.74 Å². The highest BCUT2D eigenvalue weighted by molar-refractivity contribution is 6.22. The number of aliphatic imine (C=N–C) groups is 1. The number of hydrogen-bond donors (Lipinski definition) is 0. The third kappa shape index (κ3) is 1.62. The van der Waals surface area contributed by atoms with E-state index in [1.807, 2.05) is 25.1 Å². The van der Waals surface area contributed by atoms with Crippen molar-refractivity contribution in [2.24, 2.45) is 4.99 Å². The Labute approximate surface area is 88.6 Å². The average Bonchev–Trinajstić information content (AvgIpc) is 2.16. The molecule has 14 heavy (non-hydrogen) atoms. The molecule has 1 unspecified atom stereocenters. The van der Waals surface area contributed by atoms with Crippen molar-refractivity contribution in [1.82, 2.24) is 0 Å². The van der Waals surface area contributed by atoms with Gasteiger partial charge in [-0.15, -0.1) is 0 Å². The Morgan fingerprint density at radius 1 is 1.50 bits per heavy atom. The van der Waals surface area contributed by atoms with Gasteiger partial charge in [-0.1, -0.05) is 11.6 Å². The molecule has 2 rings (SSSR count). The van der Waals surface area contributed by atoms with Crippen LogP contribution in [0.4, 0.5) is 0 Å². The predicted octanol–water partition coefficient (Wildman–Crippen LogP) is 2.63. The Kier molecular flexibility index (Phi) is 2.46. The summed E-state index contributed by atoms with van der Waals surface area (Å²) in [6.07, 6.45) is 0.783. The van der Waals surface area contributed by atoms with Gasteiger partial charge in [0.05, 0.1) is 7.11 Å². The van der Waals surface area contributed by atoms with Gasteiger partial charge in [0.1, 0.15) is 11.3 Å². The molecule has 0 aromatic heterocycles. The number of hydrogen-bond acceptors (Lipinski definition) is 2. The van der Waals surface area contributed by atoms with Crippen molar-refractivity contribution in [2.45, 2.75) is 18.8 Å². The summed E-state index contributed by atoms with van der Waals surface area (Å²) in [4.78, 5) is 4.32. The van der Waals surface area contributed by atoms with E-state index < -0.39 is 0 Å². The highest BCUT2D eigenvalue weighted by atomic mass is 35.5. The van der Waals surface area contributed by atoms with Crippen LogP contribution >= 0.6 is 11.6 Å². The Hall–Kier alpha value is -1.02. The standard InChI is InChI=1S/C11H12ClNO/c1-7-10-4-3-9(14-2)5-8(10)6-11(12)13-7/h3-5,11H,6H2,1-2H3. The Balaban J connectivity index is 2.47. The smallest absolute Gasteiger partial charge is 0.128 e. The van der Waals surface area contributed by atoms with Gasteiger partial charge in [-0.25, -0.2) is 0 Å². The third-order valence-corrected chi connectivity index (χ3v) is 2.68. The van der Waals surface area contributed by atoms with Crippen molar-refractivity contribution in [3.8, 4) is 5.75 Å². The molecule has 0 N–H and O–H groups in total. The number of fused-ring (bicyclic) bond motifs is 1. The number of halogens is 1. The molecule has 3 heteroatoms. The van der Waals surface area contributed by atoms with Gasteiger partial charge in [0.25, 0.3) is 0 Å². The molecular formula is C11H12ClNO. The molecule has 74 valence electrons. The molecule has 0 amide bonds. The average molecular weight is 210 g/mol. The molecule has 1 aromatic carbocycles. The minimum atomic E-state index is -0.130. The van der Waals surface area contributed by atoms with Gasteiger partial charge in [-0.3, -0.25) is 4.99 Å². The lowest BCUT2D eigenvalue weighted by atomic mass is 9.98. The molecule has 0 aliphatic carbocycles. The SMILES string of the molecule is COc1ccc2c(c1)CC(Cl)N=C2C. The summed E-state index contributed by atoms with van der Waals surface area (Å²) < 4.78 is 5.17. The predicted molar refractivity (Wildman–Crippen MR) is 58.6 cm³/mol. The first kappa shape index (κ1) is 9.53. The lowest BCUT2D eigenvalue weighted by molar-refractivity contribution is 0.414. The van der Waals surface area contributed by atoms with Crippen LogP contribution in [0.15, 0.2) is 23.2 Å². The molecule has 0 bridgehead atoms. The molecule has 0 radical (unpaired) electrons. The molecule has 1 aliphatic rings. The molecule has 0 saturated carbocycles. The summed E-state index contributed by atoms with van der Waals surface area (Å²) in [5.41, 5.74) is 3.28. The van der Waals surface area contributed by atoms with Crippen LogP contribution in [0.25, 0.3) is 0 Å². The maximum atomic E-state index is 6.01. The second-order valence-corrected chi connectivity index (χ2v) is 3.88. The third-order valence-electron chi connectivity index (χ3n) is 2.42. The van der Waals surface area contributed by atoms with E-state index in [9.17, 15) is 0 Å². The number of benzene rings is 1. The Morgan fingerprint density at radius 3 is 3.00 bits per heavy atom. The molecule has 0 fully saturated rings. The minimum Gasteiger partial charge on any atom is -0.497 e. The Bertz CT molecular complexity index is 387. The molecule has 1 aliphatic heterocycles. The first-order valence-corrected chi connectivity index (χ1v) is 5.00. The van der Waals surface area contributed by atoms with Gasteiger partial charge in [-0.05, 0) is 36.2 Å². The number of ether oxygens (including phenoxy) is 1. The molecule has 0 saturated heterocycles. The van der Waals surface area contributed by atoms with Crippen molar-refractivity contribution in [1.29, 1.82) is 0 Å². The van der Waals surface area contributed by atoms with E-state index in [1.165, 1.54) is 11.1 Å². The number of methoxy groups -OCH3 is 1. The summed E-state index contributed by atoms with van der Waals surface area (Å²) >= 11 is 6.01. The zero-order valence-electron chi connectivity index (χ0n) is 8.25. The number of alkyl halides is 1. The summed E-state index contributed by atoms with van der Waals surface area (Å²) in [5.74, 6) is 0.877. The van der Waals surface area contributed by atoms with E-state index in [0.717, 1.165) is 17.9 Å². The van der Waals surface area contributed by atoms with Crippen LogP contribution in [-0.2, 0) is 6.42 Å². The lowest BCUT2D eigenvalue weighted by Crippen LogP contribution is -2.14. The van der Waals surface area contributed by atoms with Gasteiger partial charge < -0.3 is 4.74 Å². The first-order valence-electron chi connectivity index (χ1n) is 4.56. The van der Waals surface area contributed by atoms with Crippen molar-refractivity contribution in [3.63, 3.8) is 0 Å². The van der Waals surface area contributed by atoms with Gasteiger partial charge >= 0.3 is 0 Å². The molecule has 0 spiro atoms. The fraction of sp³-hybridized carbons (Fsp3) is 0.364. The van der Waals surface area contributed by atoms with Gasteiger partial charge in [0, 0.05) is 12.1 Å². The molecule has 2 nitrogen and oxygen atoms in total. The summed E-state index contributed by atoms with van der Waals surface area (Å²) in [7, 11) is 1.67. The zero-order valence-corrected chi connectivity index (χ0v) is 9.01. The van der Waals surface area contributed by atoms with E-state index in [1.54, 1.807) is 7.11 Å². The number of rotatable bonds is 1. The summed E-state index contributed by atoms with van der Waals surface area (Å²) in [5, 5.41) is 0. The maximum absolute atomic E-state index is 6.01. The lowest BCUT2D eigenvalue weighted by Gasteiger charge is -2.18. The van der Waals surface area contributed by atoms with Crippen LogP contribution in [0, 0.1) is 0 Å². The number of nitrogens with zero attached hydrogens (tertiary/aromatic N) is 1. The van der Waals surface area contributed by atoms with Crippen molar-refractivity contribution in [3.05, 3.63) is 29.3 Å². The molecule has 1 atom stereocenters. The first-order chi connectivity index (χ1) is 6.70. The second-order valence-electron chi connectivity index (χ2n) is 3.38. The van der Waals surface area contributed by atoms with Crippen molar-refractivity contribution >= 4 is 17.3 Å². The highest BCUT2D eigenvalue weighted by Gasteiger charge is 2.16. The van der Waals surface area contributed by atoms with Crippen LogP contribution in [0.5, 0.6) is 5.75 Å². The van der Waals surface area contributed by atoms with E-state index in [4.69, 9.17) is 16.3 Å². The normalized spacial score (nSPS) is 19.9. The second kappa shape index (κ2) is 3.62. The summed E-state index contributed by atoms with van der Waals surface area (Å²) in [6, 6.07) is 6.02.